The van der Waals surface area contributed by atoms with E-state index in [0.717, 1.165) is 48.9 Å². The molecule has 1 amide bonds. The van der Waals surface area contributed by atoms with Gasteiger partial charge in [0.15, 0.2) is 11.5 Å². The SMILES string of the molecule is O=C(NCCN1CCC(OC(c2ccccc2)c2ccccc2)CC1)c1ccc2cc(O)c(OCc3ccccn3)cc2c1. The second kappa shape index (κ2) is 14.2. The molecular weight excluding hydrogens is 550 g/mol. The maximum Gasteiger partial charge on any atom is 0.251 e. The molecule has 44 heavy (non-hydrogen) atoms. The normalized spacial score (nSPS) is 14.1. The number of rotatable bonds is 11. The molecule has 4 aromatic carbocycles. The molecule has 6 rings (SSSR count). The number of hydrogen-bond acceptors (Lipinski definition) is 6. The fourth-order valence-corrected chi connectivity index (χ4v) is 5.65. The lowest BCUT2D eigenvalue weighted by molar-refractivity contribution is -0.0267. The molecule has 1 fully saturated rings. The highest BCUT2D eigenvalue weighted by atomic mass is 16.5. The van der Waals surface area contributed by atoms with Gasteiger partial charge in [0.1, 0.15) is 12.7 Å². The van der Waals surface area contributed by atoms with E-state index in [1.54, 1.807) is 24.4 Å². The molecule has 2 N–H and O–H groups in total. The number of likely N-dealkylation sites (tertiary alicyclic amines) is 1. The molecule has 224 valence electrons. The van der Waals surface area contributed by atoms with Crippen LogP contribution in [-0.2, 0) is 11.3 Å². The first-order chi connectivity index (χ1) is 21.6. The molecule has 0 unspecified atom stereocenters. The van der Waals surface area contributed by atoms with E-state index in [4.69, 9.17) is 9.47 Å². The summed E-state index contributed by atoms with van der Waals surface area (Å²) in [6, 6.07) is 35.3. The second-order valence-electron chi connectivity index (χ2n) is 11.1. The number of phenols is 1. The number of carbonyl (C=O) groups is 1. The number of nitrogens with one attached hydrogen (secondary N) is 1. The molecule has 2 heterocycles. The number of nitrogens with zero attached hydrogens (tertiary/aromatic N) is 2. The van der Waals surface area contributed by atoms with Crippen LogP contribution in [0.15, 0.2) is 115 Å². The van der Waals surface area contributed by atoms with Gasteiger partial charge in [0, 0.05) is 37.9 Å². The summed E-state index contributed by atoms with van der Waals surface area (Å²) in [5.41, 5.74) is 3.67. The van der Waals surface area contributed by atoms with Gasteiger partial charge < -0.3 is 24.8 Å². The highest BCUT2D eigenvalue weighted by Crippen LogP contribution is 2.33. The molecule has 1 aliphatic heterocycles. The number of hydrogen-bond donors (Lipinski definition) is 2. The third kappa shape index (κ3) is 7.43. The number of benzene rings is 4. The molecule has 1 saturated heterocycles. The van der Waals surface area contributed by atoms with E-state index >= 15 is 0 Å². The lowest BCUT2D eigenvalue weighted by Gasteiger charge is -2.34. The summed E-state index contributed by atoms with van der Waals surface area (Å²) in [6.45, 7) is 3.44. The zero-order chi connectivity index (χ0) is 30.1. The van der Waals surface area contributed by atoms with Crippen LogP contribution in [0, 0.1) is 0 Å². The van der Waals surface area contributed by atoms with Gasteiger partial charge >= 0.3 is 0 Å². The lowest BCUT2D eigenvalue weighted by Crippen LogP contribution is -2.41. The Morgan fingerprint density at radius 3 is 2.25 bits per heavy atom. The van der Waals surface area contributed by atoms with Gasteiger partial charge in [-0.25, -0.2) is 0 Å². The van der Waals surface area contributed by atoms with Gasteiger partial charge in [-0.15, -0.1) is 0 Å². The Bertz CT molecular complexity index is 1620. The van der Waals surface area contributed by atoms with Crippen molar-refractivity contribution in [3.8, 4) is 11.5 Å². The largest absolute Gasteiger partial charge is 0.504 e. The number of carbonyl (C=O) groups excluding carboxylic acids is 1. The predicted octanol–water partition coefficient (Wildman–Crippen LogP) is 6.52. The smallest absolute Gasteiger partial charge is 0.251 e. The lowest BCUT2D eigenvalue weighted by atomic mass is 10.00. The molecule has 7 nitrogen and oxygen atoms in total. The number of pyridine rings is 1. The molecular formula is C37H37N3O4. The van der Waals surface area contributed by atoms with Crippen molar-refractivity contribution < 1.29 is 19.4 Å². The third-order valence-electron chi connectivity index (χ3n) is 8.06. The van der Waals surface area contributed by atoms with Crippen molar-refractivity contribution >= 4 is 16.7 Å². The molecule has 0 aliphatic carbocycles. The van der Waals surface area contributed by atoms with E-state index in [0.29, 0.717) is 17.9 Å². The Hall–Kier alpha value is -4.72. The predicted molar refractivity (Wildman–Crippen MR) is 172 cm³/mol. The van der Waals surface area contributed by atoms with E-state index in [1.807, 2.05) is 42.5 Å². The molecule has 7 heteroatoms. The van der Waals surface area contributed by atoms with Crippen LogP contribution in [0.2, 0.25) is 0 Å². The Morgan fingerprint density at radius 1 is 0.864 bits per heavy atom. The van der Waals surface area contributed by atoms with Gasteiger partial charge in [-0.1, -0.05) is 72.8 Å². The van der Waals surface area contributed by atoms with Crippen molar-refractivity contribution in [2.45, 2.75) is 31.7 Å². The number of ether oxygens (including phenoxy) is 2. The monoisotopic (exact) mass is 587 g/mol. The van der Waals surface area contributed by atoms with Crippen LogP contribution >= 0.6 is 0 Å². The van der Waals surface area contributed by atoms with Gasteiger partial charge in [0.25, 0.3) is 5.91 Å². The highest BCUT2D eigenvalue weighted by Gasteiger charge is 2.24. The number of piperidine rings is 1. The molecule has 1 aromatic heterocycles. The second-order valence-corrected chi connectivity index (χ2v) is 11.1. The van der Waals surface area contributed by atoms with Gasteiger partial charge in [0.05, 0.1) is 11.8 Å². The highest BCUT2D eigenvalue weighted by molar-refractivity contribution is 5.99. The molecule has 1 aliphatic rings. The van der Waals surface area contributed by atoms with Crippen LogP contribution in [0.25, 0.3) is 10.8 Å². The first kappa shape index (κ1) is 29.4. The van der Waals surface area contributed by atoms with E-state index in [1.165, 1.54) is 11.1 Å². The topological polar surface area (TPSA) is 83.9 Å². The molecule has 0 spiro atoms. The number of amides is 1. The van der Waals surface area contributed by atoms with Crippen LogP contribution in [0.1, 0.15) is 46.1 Å². The van der Waals surface area contributed by atoms with E-state index in [2.05, 4.69) is 63.7 Å². The summed E-state index contributed by atoms with van der Waals surface area (Å²) in [7, 11) is 0. The Kier molecular flexibility index (Phi) is 9.45. The maximum absolute atomic E-state index is 13.0. The van der Waals surface area contributed by atoms with Crippen LogP contribution in [0.3, 0.4) is 0 Å². The fraction of sp³-hybridized carbons (Fsp3) is 0.243. The number of fused-ring (bicyclic) bond motifs is 1. The molecule has 0 bridgehead atoms. The maximum atomic E-state index is 13.0. The van der Waals surface area contributed by atoms with Crippen molar-refractivity contribution in [2.24, 2.45) is 0 Å². The van der Waals surface area contributed by atoms with Gasteiger partial charge in [-0.3, -0.25) is 9.78 Å². The minimum absolute atomic E-state index is 0.0513. The first-order valence-electron chi connectivity index (χ1n) is 15.2. The summed E-state index contributed by atoms with van der Waals surface area (Å²) >= 11 is 0. The molecule has 0 atom stereocenters. The fourth-order valence-electron chi connectivity index (χ4n) is 5.65. The van der Waals surface area contributed by atoms with Gasteiger partial charge in [0.2, 0.25) is 0 Å². The van der Waals surface area contributed by atoms with Gasteiger partial charge in [-0.05, 0) is 71.1 Å². The van der Waals surface area contributed by atoms with Crippen molar-refractivity contribution in [1.82, 2.24) is 15.2 Å². The summed E-state index contributed by atoms with van der Waals surface area (Å²) in [5, 5.41) is 15.1. The minimum atomic E-state index is -0.122. The van der Waals surface area contributed by atoms with Crippen molar-refractivity contribution in [2.75, 3.05) is 26.2 Å². The number of phenolic OH excluding ortho intramolecular Hbond substituents is 1. The average Bonchev–Trinajstić information content (AvgIpc) is 3.08. The quantitative estimate of drug-likeness (QED) is 0.183. The van der Waals surface area contributed by atoms with Gasteiger partial charge in [-0.2, -0.15) is 0 Å². The number of aromatic hydroxyl groups is 1. The third-order valence-corrected chi connectivity index (χ3v) is 8.06. The Labute approximate surface area is 258 Å². The van der Waals surface area contributed by atoms with Crippen LogP contribution < -0.4 is 10.1 Å². The van der Waals surface area contributed by atoms with Crippen molar-refractivity contribution in [1.29, 1.82) is 0 Å². The first-order valence-corrected chi connectivity index (χ1v) is 15.2. The van der Waals surface area contributed by atoms with E-state index in [9.17, 15) is 9.90 Å². The molecule has 0 saturated carbocycles. The summed E-state index contributed by atoms with van der Waals surface area (Å²) in [5.74, 6) is 0.283. The molecule has 5 aromatic rings. The number of aromatic nitrogens is 1. The Morgan fingerprint density at radius 2 is 1.57 bits per heavy atom. The van der Waals surface area contributed by atoms with E-state index < -0.39 is 0 Å². The van der Waals surface area contributed by atoms with Crippen LogP contribution in [0.4, 0.5) is 0 Å². The van der Waals surface area contributed by atoms with Crippen LogP contribution in [0.5, 0.6) is 11.5 Å². The summed E-state index contributed by atoms with van der Waals surface area (Å²) in [6.07, 6.45) is 3.71. The molecule has 0 radical (unpaired) electrons. The zero-order valence-corrected chi connectivity index (χ0v) is 24.6. The average molecular weight is 588 g/mol. The Balaban J connectivity index is 0.994. The van der Waals surface area contributed by atoms with Crippen LogP contribution in [-0.4, -0.2) is 53.2 Å². The van der Waals surface area contributed by atoms with Crippen molar-refractivity contribution in [3.63, 3.8) is 0 Å². The zero-order valence-electron chi connectivity index (χ0n) is 24.6. The van der Waals surface area contributed by atoms with Crippen molar-refractivity contribution in [3.05, 3.63) is 138 Å². The summed E-state index contributed by atoms with van der Waals surface area (Å²) in [4.78, 5) is 19.6. The standard InChI is InChI=1S/C37H37N3O4/c41-34-24-29-14-15-30(23-31(29)25-35(34)43-26-32-13-7-8-18-38-32)37(42)39-19-22-40-20-16-33(17-21-40)44-36(27-9-3-1-4-10-27)28-11-5-2-6-12-28/h1-15,18,23-25,33,36,41H,16-17,19-22,26H2,(H,39,42). The van der Waals surface area contributed by atoms with E-state index in [-0.39, 0.29) is 30.5 Å². The summed E-state index contributed by atoms with van der Waals surface area (Å²) < 4.78 is 12.5. The minimum Gasteiger partial charge on any atom is -0.504 e.